The van der Waals surface area contributed by atoms with Crippen LogP contribution in [-0.4, -0.2) is 9.37 Å². The molecule has 90 valence electrons. The Hall–Kier alpha value is -1.46. The average Bonchev–Trinajstić information content (AvgIpc) is 2.58. The van der Waals surface area contributed by atoms with E-state index in [-0.39, 0.29) is 0 Å². The predicted octanol–water partition coefficient (Wildman–Crippen LogP) is 2.25. The normalized spacial score (nSPS) is 12.7. The lowest BCUT2D eigenvalue weighted by molar-refractivity contribution is 0.393. The van der Waals surface area contributed by atoms with Crippen LogP contribution in [0.5, 0.6) is 0 Å². The second-order valence-electron chi connectivity index (χ2n) is 3.98. The van der Waals surface area contributed by atoms with Crippen molar-refractivity contribution in [1.82, 2.24) is 5.16 Å². The highest BCUT2D eigenvalue weighted by atomic mass is 32.2. The third kappa shape index (κ3) is 2.16. The van der Waals surface area contributed by atoms with Crippen LogP contribution in [0, 0.1) is 20.8 Å². The van der Waals surface area contributed by atoms with Gasteiger partial charge in [0, 0.05) is 5.56 Å². The van der Waals surface area contributed by atoms with Crippen molar-refractivity contribution in [2.24, 2.45) is 5.14 Å². The molecule has 0 radical (unpaired) electrons. The number of rotatable bonds is 2. The SMILES string of the molecule is Cc1cc(-c2c(C)noc2C)ccc1S(N)=O. The molecule has 2 N–H and O–H groups in total. The number of nitrogens with zero attached hydrogens (tertiary/aromatic N) is 1. The standard InChI is InChI=1S/C12H14N2O2S/c1-7-6-10(4-5-11(7)17(13)15)12-8(2)14-16-9(12)3/h4-6H,13H2,1-3H3. The smallest absolute Gasteiger partial charge is 0.141 e. The minimum atomic E-state index is -1.45. The van der Waals surface area contributed by atoms with Crippen LogP contribution < -0.4 is 5.14 Å². The number of hydrogen-bond acceptors (Lipinski definition) is 3. The lowest BCUT2D eigenvalue weighted by Gasteiger charge is -2.05. The lowest BCUT2D eigenvalue weighted by Crippen LogP contribution is -2.04. The van der Waals surface area contributed by atoms with E-state index < -0.39 is 11.0 Å². The van der Waals surface area contributed by atoms with Gasteiger partial charge in [-0.25, -0.2) is 9.35 Å². The molecule has 1 heterocycles. The van der Waals surface area contributed by atoms with Gasteiger partial charge < -0.3 is 4.52 Å². The fourth-order valence-corrected chi connectivity index (χ4v) is 2.50. The van der Waals surface area contributed by atoms with Gasteiger partial charge in [-0.2, -0.15) is 0 Å². The van der Waals surface area contributed by atoms with E-state index in [1.807, 2.05) is 32.9 Å². The molecule has 4 nitrogen and oxygen atoms in total. The van der Waals surface area contributed by atoms with Crippen LogP contribution in [0.25, 0.3) is 11.1 Å². The maximum atomic E-state index is 11.3. The summed E-state index contributed by atoms with van der Waals surface area (Å²) in [6.07, 6.45) is 0. The van der Waals surface area contributed by atoms with Gasteiger partial charge in [-0.3, -0.25) is 0 Å². The highest BCUT2D eigenvalue weighted by Gasteiger charge is 2.13. The molecule has 0 bridgehead atoms. The van der Waals surface area contributed by atoms with Gasteiger partial charge in [-0.05, 0) is 44.0 Å². The summed E-state index contributed by atoms with van der Waals surface area (Å²) < 4.78 is 16.4. The van der Waals surface area contributed by atoms with Crippen LogP contribution in [0.4, 0.5) is 0 Å². The van der Waals surface area contributed by atoms with E-state index >= 15 is 0 Å². The summed E-state index contributed by atoms with van der Waals surface area (Å²) >= 11 is 0. The Morgan fingerprint density at radius 1 is 1.29 bits per heavy atom. The Morgan fingerprint density at radius 3 is 2.47 bits per heavy atom. The van der Waals surface area contributed by atoms with E-state index in [2.05, 4.69) is 5.16 Å². The van der Waals surface area contributed by atoms with Crippen molar-refractivity contribution >= 4 is 11.0 Å². The molecule has 0 aliphatic rings. The van der Waals surface area contributed by atoms with Gasteiger partial charge in [0.25, 0.3) is 0 Å². The summed E-state index contributed by atoms with van der Waals surface area (Å²) in [7, 11) is -1.45. The number of hydrogen-bond donors (Lipinski definition) is 1. The fraction of sp³-hybridized carbons (Fsp3) is 0.250. The van der Waals surface area contributed by atoms with E-state index in [4.69, 9.17) is 9.66 Å². The molecule has 0 aliphatic heterocycles. The van der Waals surface area contributed by atoms with Gasteiger partial charge in [-0.15, -0.1) is 0 Å². The van der Waals surface area contributed by atoms with Crippen molar-refractivity contribution in [1.29, 1.82) is 0 Å². The summed E-state index contributed by atoms with van der Waals surface area (Å²) in [4.78, 5) is 0.653. The molecule has 0 fully saturated rings. The molecule has 0 aliphatic carbocycles. The number of aryl methyl sites for hydroxylation is 3. The third-order valence-electron chi connectivity index (χ3n) is 2.71. The first-order valence-electron chi connectivity index (χ1n) is 5.20. The second-order valence-corrected chi connectivity index (χ2v) is 5.01. The molecule has 0 spiro atoms. The third-order valence-corrected chi connectivity index (χ3v) is 3.61. The van der Waals surface area contributed by atoms with E-state index in [0.717, 1.165) is 28.1 Å². The molecule has 0 saturated heterocycles. The number of benzene rings is 1. The monoisotopic (exact) mass is 250 g/mol. The fourth-order valence-electron chi connectivity index (χ4n) is 1.93. The maximum Gasteiger partial charge on any atom is 0.141 e. The van der Waals surface area contributed by atoms with Gasteiger partial charge in [-0.1, -0.05) is 11.2 Å². The first-order valence-corrected chi connectivity index (χ1v) is 6.42. The summed E-state index contributed by atoms with van der Waals surface area (Å²) in [6.45, 7) is 5.66. The van der Waals surface area contributed by atoms with E-state index in [1.54, 1.807) is 6.07 Å². The highest BCUT2D eigenvalue weighted by molar-refractivity contribution is 7.82. The van der Waals surface area contributed by atoms with Crippen molar-refractivity contribution < 1.29 is 8.73 Å². The van der Waals surface area contributed by atoms with Crippen LogP contribution >= 0.6 is 0 Å². The van der Waals surface area contributed by atoms with E-state index in [9.17, 15) is 4.21 Å². The van der Waals surface area contributed by atoms with E-state index in [0.29, 0.717) is 4.90 Å². The Morgan fingerprint density at radius 2 is 2.00 bits per heavy atom. The van der Waals surface area contributed by atoms with Crippen molar-refractivity contribution in [2.75, 3.05) is 0 Å². The van der Waals surface area contributed by atoms with Crippen LogP contribution in [0.2, 0.25) is 0 Å². The Kier molecular flexibility index (Phi) is 3.13. The maximum absolute atomic E-state index is 11.3. The molecule has 2 rings (SSSR count). The van der Waals surface area contributed by atoms with Crippen LogP contribution in [0.15, 0.2) is 27.6 Å². The molecule has 1 aromatic heterocycles. The summed E-state index contributed by atoms with van der Waals surface area (Å²) in [5.41, 5.74) is 3.75. The predicted molar refractivity (Wildman–Crippen MR) is 66.7 cm³/mol. The lowest BCUT2D eigenvalue weighted by atomic mass is 10.0. The average molecular weight is 250 g/mol. The molecule has 17 heavy (non-hydrogen) atoms. The van der Waals surface area contributed by atoms with Crippen molar-refractivity contribution in [3.05, 3.63) is 35.2 Å². The zero-order valence-electron chi connectivity index (χ0n) is 9.98. The number of nitrogens with two attached hydrogens (primary N) is 1. The first kappa shape index (κ1) is 12.0. The van der Waals surface area contributed by atoms with Crippen LogP contribution in [0.1, 0.15) is 17.0 Å². The summed E-state index contributed by atoms with van der Waals surface area (Å²) in [5.74, 6) is 0.781. The van der Waals surface area contributed by atoms with Crippen molar-refractivity contribution in [3.8, 4) is 11.1 Å². The molecule has 5 heteroatoms. The Bertz CT molecular complexity index is 571. The highest BCUT2D eigenvalue weighted by Crippen LogP contribution is 2.28. The van der Waals surface area contributed by atoms with Crippen molar-refractivity contribution in [3.63, 3.8) is 0 Å². The molecule has 1 unspecified atom stereocenters. The largest absolute Gasteiger partial charge is 0.361 e. The summed E-state index contributed by atoms with van der Waals surface area (Å²) in [5, 5.41) is 9.30. The van der Waals surface area contributed by atoms with Gasteiger partial charge in [0.1, 0.15) is 16.7 Å². The summed E-state index contributed by atoms with van der Waals surface area (Å²) in [6, 6.07) is 5.62. The Labute approximate surface area is 102 Å². The molecule has 2 aromatic rings. The molecule has 0 amide bonds. The first-order chi connectivity index (χ1) is 8.00. The zero-order valence-corrected chi connectivity index (χ0v) is 10.8. The van der Waals surface area contributed by atoms with Crippen LogP contribution in [0.3, 0.4) is 0 Å². The van der Waals surface area contributed by atoms with Gasteiger partial charge in [0.15, 0.2) is 0 Å². The van der Waals surface area contributed by atoms with Crippen LogP contribution in [-0.2, 0) is 11.0 Å². The molecular formula is C12H14N2O2S. The van der Waals surface area contributed by atoms with Gasteiger partial charge >= 0.3 is 0 Å². The van der Waals surface area contributed by atoms with Gasteiger partial charge in [0.2, 0.25) is 0 Å². The number of aromatic nitrogens is 1. The molecule has 1 atom stereocenters. The topological polar surface area (TPSA) is 69.1 Å². The molecule has 1 aromatic carbocycles. The minimum absolute atomic E-state index is 0.653. The Balaban J connectivity index is 2.56. The van der Waals surface area contributed by atoms with E-state index in [1.165, 1.54) is 0 Å². The second kappa shape index (κ2) is 4.43. The van der Waals surface area contributed by atoms with Crippen molar-refractivity contribution in [2.45, 2.75) is 25.7 Å². The quantitative estimate of drug-likeness (QED) is 0.888. The minimum Gasteiger partial charge on any atom is -0.361 e. The molecule has 0 saturated carbocycles. The van der Waals surface area contributed by atoms with Gasteiger partial charge in [0.05, 0.1) is 10.6 Å². The molecular weight excluding hydrogens is 236 g/mol. The zero-order chi connectivity index (χ0) is 12.6.